The largest absolute Gasteiger partial charge is 0.485 e. The first-order chi connectivity index (χ1) is 14.7. The number of nitrogens with zero attached hydrogens (tertiary/aromatic N) is 3. The lowest BCUT2D eigenvalue weighted by Crippen LogP contribution is -2.29. The van der Waals surface area contributed by atoms with Gasteiger partial charge >= 0.3 is 0 Å². The lowest BCUT2D eigenvalue weighted by Gasteiger charge is -2.25. The van der Waals surface area contributed by atoms with Crippen molar-refractivity contribution < 1.29 is 18.4 Å². The number of benzene rings is 1. The number of piperidine rings is 1. The van der Waals surface area contributed by atoms with Gasteiger partial charge in [-0.2, -0.15) is 0 Å². The third-order valence-electron chi connectivity index (χ3n) is 4.71. The summed E-state index contributed by atoms with van der Waals surface area (Å²) in [4.78, 5) is 12.5. The van der Waals surface area contributed by atoms with Crippen LogP contribution in [0.1, 0.15) is 30.0 Å². The van der Waals surface area contributed by atoms with E-state index in [0.29, 0.717) is 23.8 Å². The zero-order chi connectivity index (χ0) is 20.8. The van der Waals surface area contributed by atoms with Crippen LogP contribution >= 0.6 is 41.8 Å². The van der Waals surface area contributed by atoms with Gasteiger partial charge in [0.05, 0.1) is 15.8 Å². The number of halogens is 1. The first-order valence-electron chi connectivity index (χ1n) is 9.72. The Morgan fingerprint density at radius 3 is 2.97 bits per heavy atom. The predicted octanol–water partition coefficient (Wildman–Crippen LogP) is 5.20. The van der Waals surface area contributed by atoms with E-state index in [0.717, 1.165) is 28.6 Å². The standard InChI is InChI=1S/C20H22IN3O4S2/c21-30-26-13-15(12-25)27-14-4-6-17-18(10-14)28-19(23-17)7-5-16-11-22-20(29-16)24-8-2-1-3-9-24/h4-7,10-11,15,25H,1-3,8-9,12-13H2/b7-5+. The normalized spacial score (nSPS) is 15.9. The number of fused-ring (bicyclic) bond motifs is 1. The number of anilines is 1. The second kappa shape index (κ2) is 10.8. The van der Waals surface area contributed by atoms with Gasteiger partial charge in [0.2, 0.25) is 5.89 Å². The number of aliphatic hydroxyl groups is 1. The molecule has 7 nitrogen and oxygen atoms in total. The zero-order valence-electron chi connectivity index (χ0n) is 16.2. The van der Waals surface area contributed by atoms with Crippen LogP contribution in [0.5, 0.6) is 5.75 Å². The van der Waals surface area contributed by atoms with Crippen LogP contribution in [0.2, 0.25) is 0 Å². The first-order valence-corrected chi connectivity index (χ1v) is 13.8. The molecule has 10 heteroatoms. The zero-order valence-corrected chi connectivity index (χ0v) is 20.0. The fourth-order valence-corrected chi connectivity index (χ4v) is 4.74. The molecule has 0 aliphatic carbocycles. The highest BCUT2D eigenvalue weighted by molar-refractivity contribution is 14.2. The number of ether oxygens (including phenoxy) is 1. The average molecular weight is 559 g/mol. The minimum Gasteiger partial charge on any atom is -0.485 e. The SMILES string of the molecule is OCC(COSI)Oc1ccc2nc(/C=C/c3cnc(N4CCCCC4)s3)oc2c1. The van der Waals surface area contributed by atoms with Gasteiger partial charge in [0.1, 0.15) is 24.0 Å². The van der Waals surface area contributed by atoms with Crippen molar-refractivity contribution in [3.63, 3.8) is 0 Å². The van der Waals surface area contributed by atoms with Crippen LogP contribution in [0.3, 0.4) is 0 Å². The fourth-order valence-electron chi connectivity index (χ4n) is 3.22. The van der Waals surface area contributed by atoms with E-state index in [1.165, 1.54) is 28.5 Å². The van der Waals surface area contributed by atoms with Crippen molar-refractivity contribution in [1.29, 1.82) is 0 Å². The van der Waals surface area contributed by atoms with Crippen molar-refractivity contribution >= 4 is 70.1 Å². The van der Waals surface area contributed by atoms with Gasteiger partial charge in [-0.05, 0) is 37.5 Å². The van der Waals surface area contributed by atoms with E-state index in [1.54, 1.807) is 17.4 Å². The van der Waals surface area contributed by atoms with Crippen LogP contribution in [-0.2, 0) is 4.18 Å². The van der Waals surface area contributed by atoms with E-state index in [-0.39, 0.29) is 6.61 Å². The van der Waals surface area contributed by atoms with Gasteiger partial charge in [-0.1, -0.05) is 11.3 Å². The van der Waals surface area contributed by atoms with Gasteiger partial charge in [0, 0.05) is 57.5 Å². The molecule has 0 amide bonds. The highest BCUT2D eigenvalue weighted by Crippen LogP contribution is 2.28. The minimum absolute atomic E-state index is 0.131. The second-order valence-corrected chi connectivity index (χ2v) is 9.36. The Morgan fingerprint density at radius 1 is 1.30 bits per heavy atom. The summed E-state index contributed by atoms with van der Waals surface area (Å²) < 4.78 is 16.8. The molecule has 1 fully saturated rings. The quantitative estimate of drug-likeness (QED) is 0.283. The summed E-state index contributed by atoms with van der Waals surface area (Å²) in [6, 6.07) is 5.43. The van der Waals surface area contributed by atoms with Crippen LogP contribution in [-0.4, -0.2) is 47.5 Å². The second-order valence-electron chi connectivity index (χ2n) is 6.88. The molecule has 3 heterocycles. The molecule has 1 unspecified atom stereocenters. The minimum atomic E-state index is -0.438. The van der Waals surface area contributed by atoms with Gasteiger partial charge in [-0.25, -0.2) is 9.97 Å². The summed E-state index contributed by atoms with van der Waals surface area (Å²) in [6.07, 6.45) is 9.08. The summed E-state index contributed by atoms with van der Waals surface area (Å²) in [5.41, 5.74) is 1.38. The molecular weight excluding hydrogens is 537 g/mol. The molecule has 2 aromatic heterocycles. The van der Waals surface area contributed by atoms with Gasteiger partial charge in [-0.15, -0.1) is 0 Å². The molecule has 0 spiro atoms. The lowest BCUT2D eigenvalue weighted by molar-refractivity contribution is 0.0799. The van der Waals surface area contributed by atoms with Crippen LogP contribution in [0.4, 0.5) is 5.13 Å². The lowest BCUT2D eigenvalue weighted by atomic mass is 10.1. The van der Waals surface area contributed by atoms with Crippen molar-refractivity contribution in [1.82, 2.24) is 9.97 Å². The van der Waals surface area contributed by atoms with Gasteiger partial charge in [0.15, 0.2) is 10.7 Å². The highest BCUT2D eigenvalue weighted by atomic mass is 127. The molecule has 1 atom stereocenters. The van der Waals surface area contributed by atoms with Gasteiger partial charge < -0.3 is 23.3 Å². The number of aromatic nitrogens is 2. The van der Waals surface area contributed by atoms with Crippen molar-refractivity contribution in [2.75, 3.05) is 31.2 Å². The molecular formula is C20H22IN3O4S2. The number of thiazole rings is 1. The van der Waals surface area contributed by atoms with E-state index < -0.39 is 6.10 Å². The van der Waals surface area contributed by atoms with Crippen LogP contribution in [0.25, 0.3) is 23.3 Å². The van der Waals surface area contributed by atoms with E-state index in [4.69, 9.17) is 13.3 Å². The third kappa shape index (κ3) is 5.67. The molecule has 0 saturated carbocycles. The molecule has 1 N–H and O–H groups in total. The molecule has 4 rings (SSSR count). The molecule has 0 radical (unpaired) electrons. The Labute approximate surface area is 195 Å². The Kier molecular flexibility index (Phi) is 7.88. The van der Waals surface area contributed by atoms with E-state index >= 15 is 0 Å². The monoisotopic (exact) mass is 559 g/mol. The predicted molar refractivity (Wildman–Crippen MR) is 130 cm³/mol. The summed E-state index contributed by atoms with van der Waals surface area (Å²) in [5.74, 6) is 1.13. The summed E-state index contributed by atoms with van der Waals surface area (Å²) in [7, 11) is 1.21. The van der Waals surface area contributed by atoms with E-state index in [1.807, 2.05) is 51.7 Å². The number of hydrogen-bond acceptors (Lipinski definition) is 9. The Morgan fingerprint density at radius 2 is 2.17 bits per heavy atom. The summed E-state index contributed by atoms with van der Waals surface area (Å²) >= 11 is 3.71. The maximum absolute atomic E-state index is 9.43. The Bertz CT molecular complexity index is 988. The molecule has 1 saturated heterocycles. The highest BCUT2D eigenvalue weighted by Gasteiger charge is 2.14. The van der Waals surface area contributed by atoms with Crippen molar-refractivity contribution in [3.05, 3.63) is 35.2 Å². The molecule has 160 valence electrons. The summed E-state index contributed by atoms with van der Waals surface area (Å²) in [6.45, 7) is 2.34. The van der Waals surface area contributed by atoms with Gasteiger partial charge in [-0.3, -0.25) is 0 Å². The van der Waals surface area contributed by atoms with Crippen molar-refractivity contribution in [3.8, 4) is 5.75 Å². The first kappa shape index (κ1) is 21.9. The van der Waals surface area contributed by atoms with Crippen LogP contribution < -0.4 is 9.64 Å². The third-order valence-corrected chi connectivity index (χ3v) is 6.72. The van der Waals surface area contributed by atoms with Crippen molar-refractivity contribution in [2.45, 2.75) is 25.4 Å². The van der Waals surface area contributed by atoms with E-state index in [2.05, 4.69) is 14.9 Å². The number of hydrogen-bond donors (Lipinski definition) is 1. The maximum Gasteiger partial charge on any atom is 0.220 e. The Balaban J connectivity index is 1.42. The van der Waals surface area contributed by atoms with Crippen molar-refractivity contribution in [2.24, 2.45) is 0 Å². The average Bonchev–Trinajstić information content (AvgIpc) is 3.42. The maximum atomic E-state index is 9.43. The van der Waals surface area contributed by atoms with Crippen LogP contribution in [0.15, 0.2) is 28.8 Å². The topological polar surface area (TPSA) is 80.8 Å². The molecule has 0 bridgehead atoms. The number of aliphatic hydroxyl groups excluding tert-OH is 1. The fraction of sp³-hybridized carbons (Fsp3) is 0.400. The number of rotatable bonds is 9. The molecule has 1 aliphatic rings. The van der Waals surface area contributed by atoms with E-state index in [9.17, 15) is 5.11 Å². The molecule has 30 heavy (non-hydrogen) atoms. The number of oxazole rings is 1. The Hall–Kier alpha value is -1.34. The summed E-state index contributed by atoms with van der Waals surface area (Å²) in [5, 5.41) is 10.5. The molecule has 3 aromatic rings. The smallest absolute Gasteiger partial charge is 0.220 e. The molecule has 1 aromatic carbocycles. The molecule has 1 aliphatic heterocycles. The van der Waals surface area contributed by atoms with Crippen LogP contribution in [0, 0.1) is 0 Å². The van der Waals surface area contributed by atoms with Gasteiger partial charge in [0.25, 0.3) is 0 Å².